The standard InChI is InChI=1S/C15H24N4O2/c1-15(2,3)14(21)16-8-11-5-6-19(10-11)12-7-13(20)18(4)17-9-12/h7,9,11H,5-6,8,10H2,1-4H3,(H,16,21). The Bertz CT molecular complexity index is 574. The Balaban J connectivity index is 1.90. The van der Waals surface area contributed by atoms with E-state index < -0.39 is 0 Å². The molecule has 1 unspecified atom stereocenters. The average Bonchev–Trinajstić information content (AvgIpc) is 2.87. The summed E-state index contributed by atoms with van der Waals surface area (Å²) in [6.07, 6.45) is 2.73. The van der Waals surface area contributed by atoms with Gasteiger partial charge >= 0.3 is 0 Å². The Labute approximate surface area is 125 Å². The molecule has 1 fully saturated rings. The fourth-order valence-electron chi connectivity index (χ4n) is 2.37. The fraction of sp³-hybridized carbons (Fsp3) is 0.667. The van der Waals surface area contributed by atoms with E-state index in [1.807, 2.05) is 20.8 Å². The molecule has 0 aliphatic carbocycles. The number of carbonyl (C=O) groups excluding carboxylic acids is 1. The highest BCUT2D eigenvalue weighted by Crippen LogP contribution is 2.22. The van der Waals surface area contributed by atoms with Crippen molar-refractivity contribution in [2.75, 3.05) is 24.5 Å². The average molecular weight is 292 g/mol. The third kappa shape index (κ3) is 3.83. The highest BCUT2D eigenvalue weighted by Gasteiger charge is 2.26. The molecule has 2 heterocycles. The van der Waals surface area contributed by atoms with E-state index in [1.165, 1.54) is 4.68 Å². The highest BCUT2D eigenvalue weighted by molar-refractivity contribution is 5.81. The molecule has 0 bridgehead atoms. The Morgan fingerprint density at radius 1 is 1.48 bits per heavy atom. The molecular formula is C15H24N4O2. The first-order valence-electron chi connectivity index (χ1n) is 7.34. The summed E-state index contributed by atoms with van der Waals surface area (Å²) in [4.78, 5) is 25.7. The van der Waals surface area contributed by atoms with Crippen LogP contribution < -0.4 is 15.8 Å². The van der Waals surface area contributed by atoms with E-state index in [0.29, 0.717) is 12.5 Å². The number of hydrogen-bond donors (Lipinski definition) is 1. The zero-order valence-electron chi connectivity index (χ0n) is 13.2. The zero-order valence-corrected chi connectivity index (χ0v) is 13.2. The molecule has 0 spiro atoms. The van der Waals surface area contributed by atoms with Crippen LogP contribution in [0.4, 0.5) is 5.69 Å². The summed E-state index contributed by atoms with van der Waals surface area (Å²) >= 11 is 0. The number of nitrogens with zero attached hydrogens (tertiary/aromatic N) is 3. The van der Waals surface area contributed by atoms with Crippen LogP contribution in [0.3, 0.4) is 0 Å². The summed E-state index contributed by atoms with van der Waals surface area (Å²) in [7, 11) is 1.64. The molecule has 1 aliphatic rings. The van der Waals surface area contributed by atoms with Crippen LogP contribution in [-0.4, -0.2) is 35.3 Å². The summed E-state index contributed by atoms with van der Waals surface area (Å²) in [6.45, 7) is 8.16. The van der Waals surface area contributed by atoms with Crippen molar-refractivity contribution in [1.82, 2.24) is 15.1 Å². The molecule has 1 saturated heterocycles. The van der Waals surface area contributed by atoms with E-state index in [9.17, 15) is 9.59 Å². The van der Waals surface area contributed by atoms with Gasteiger partial charge in [0.1, 0.15) is 0 Å². The van der Waals surface area contributed by atoms with Crippen LogP contribution in [0.1, 0.15) is 27.2 Å². The lowest BCUT2D eigenvalue weighted by Gasteiger charge is -2.21. The molecule has 0 saturated carbocycles. The van der Waals surface area contributed by atoms with Gasteiger partial charge in [0.25, 0.3) is 5.56 Å². The molecule has 6 heteroatoms. The molecule has 1 amide bonds. The predicted octanol–water partition coefficient (Wildman–Crippen LogP) is 0.769. The summed E-state index contributed by atoms with van der Waals surface area (Å²) in [5.41, 5.74) is 0.410. The van der Waals surface area contributed by atoms with Crippen LogP contribution in [0.25, 0.3) is 0 Å². The van der Waals surface area contributed by atoms with Gasteiger partial charge in [-0.3, -0.25) is 9.59 Å². The number of carbonyl (C=O) groups is 1. The lowest BCUT2D eigenvalue weighted by molar-refractivity contribution is -0.128. The highest BCUT2D eigenvalue weighted by atomic mass is 16.2. The van der Waals surface area contributed by atoms with Gasteiger partial charge in [-0.15, -0.1) is 0 Å². The van der Waals surface area contributed by atoms with E-state index in [2.05, 4.69) is 15.3 Å². The first-order chi connectivity index (χ1) is 9.77. The van der Waals surface area contributed by atoms with Crippen molar-refractivity contribution in [1.29, 1.82) is 0 Å². The van der Waals surface area contributed by atoms with Crippen molar-refractivity contribution in [2.45, 2.75) is 27.2 Å². The van der Waals surface area contributed by atoms with E-state index in [1.54, 1.807) is 19.3 Å². The number of aromatic nitrogens is 2. The van der Waals surface area contributed by atoms with Gasteiger partial charge in [-0.1, -0.05) is 20.8 Å². The topological polar surface area (TPSA) is 67.2 Å². The lowest BCUT2D eigenvalue weighted by Crippen LogP contribution is -2.38. The molecule has 21 heavy (non-hydrogen) atoms. The smallest absolute Gasteiger partial charge is 0.268 e. The molecule has 2 rings (SSSR count). The second-order valence-electron chi connectivity index (χ2n) is 6.74. The molecule has 1 aromatic rings. The largest absolute Gasteiger partial charge is 0.370 e. The van der Waals surface area contributed by atoms with Crippen molar-refractivity contribution < 1.29 is 4.79 Å². The number of rotatable bonds is 3. The molecular weight excluding hydrogens is 268 g/mol. The Kier molecular flexibility index (Phi) is 4.34. The van der Waals surface area contributed by atoms with Crippen LogP contribution in [0.15, 0.2) is 17.1 Å². The van der Waals surface area contributed by atoms with Crippen molar-refractivity contribution in [3.05, 3.63) is 22.6 Å². The molecule has 116 valence electrons. The fourth-order valence-corrected chi connectivity index (χ4v) is 2.37. The minimum Gasteiger partial charge on any atom is -0.370 e. The van der Waals surface area contributed by atoms with Gasteiger partial charge in [-0.25, -0.2) is 4.68 Å². The maximum atomic E-state index is 11.9. The van der Waals surface area contributed by atoms with E-state index in [-0.39, 0.29) is 16.9 Å². The van der Waals surface area contributed by atoms with Gasteiger partial charge in [0.2, 0.25) is 5.91 Å². The molecule has 1 N–H and O–H groups in total. The van der Waals surface area contributed by atoms with Crippen LogP contribution >= 0.6 is 0 Å². The molecule has 1 atom stereocenters. The van der Waals surface area contributed by atoms with Crippen molar-refractivity contribution >= 4 is 11.6 Å². The molecule has 1 aromatic heterocycles. The van der Waals surface area contributed by atoms with Crippen LogP contribution in [0, 0.1) is 11.3 Å². The number of anilines is 1. The van der Waals surface area contributed by atoms with Gasteiger partial charge < -0.3 is 10.2 Å². The van der Waals surface area contributed by atoms with Crippen molar-refractivity contribution in [3.63, 3.8) is 0 Å². The molecule has 6 nitrogen and oxygen atoms in total. The number of amides is 1. The van der Waals surface area contributed by atoms with Crippen LogP contribution in [-0.2, 0) is 11.8 Å². The van der Waals surface area contributed by atoms with Crippen molar-refractivity contribution in [3.8, 4) is 0 Å². The van der Waals surface area contributed by atoms with E-state index in [4.69, 9.17) is 0 Å². The second kappa shape index (κ2) is 5.87. The predicted molar refractivity (Wildman–Crippen MR) is 82.3 cm³/mol. The number of hydrogen-bond acceptors (Lipinski definition) is 4. The SMILES string of the molecule is Cn1ncc(N2CCC(CNC(=O)C(C)(C)C)C2)cc1=O. The number of nitrogens with one attached hydrogen (secondary N) is 1. The minimum atomic E-state index is -0.353. The summed E-state index contributed by atoms with van der Waals surface area (Å²) in [5.74, 6) is 0.497. The first-order valence-corrected chi connectivity index (χ1v) is 7.34. The summed E-state index contributed by atoms with van der Waals surface area (Å²) in [5, 5.41) is 7.06. The Morgan fingerprint density at radius 2 is 2.19 bits per heavy atom. The monoisotopic (exact) mass is 292 g/mol. The van der Waals surface area contributed by atoms with Crippen LogP contribution in [0.5, 0.6) is 0 Å². The van der Waals surface area contributed by atoms with Gasteiger partial charge in [-0.2, -0.15) is 5.10 Å². The maximum absolute atomic E-state index is 11.9. The van der Waals surface area contributed by atoms with Gasteiger partial charge in [0, 0.05) is 38.2 Å². The minimum absolute atomic E-state index is 0.0798. The maximum Gasteiger partial charge on any atom is 0.268 e. The third-order valence-corrected chi connectivity index (χ3v) is 3.84. The number of aryl methyl sites for hydroxylation is 1. The Morgan fingerprint density at radius 3 is 2.81 bits per heavy atom. The summed E-state index contributed by atoms with van der Waals surface area (Å²) < 4.78 is 1.32. The zero-order chi connectivity index (χ0) is 15.6. The summed E-state index contributed by atoms with van der Waals surface area (Å²) in [6, 6.07) is 1.61. The first kappa shape index (κ1) is 15.5. The van der Waals surface area contributed by atoms with Gasteiger partial charge in [-0.05, 0) is 12.3 Å². The van der Waals surface area contributed by atoms with Gasteiger partial charge in [0.15, 0.2) is 0 Å². The third-order valence-electron chi connectivity index (χ3n) is 3.84. The lowest BCUT2D eigenvalue weighted by atomic mass is 9.95. The quantitative estimate of drug-likeness (QED) is 0.893. The van der Waals surface area contributed by atoms with Crippen LogP contribution in [0.2, 0.25) is 0 Å². The molecule has 0 radical (unpaired) electrons. The van der Waals surface area contributed by atoms with Crippen molar-refractivity contribution in [2.24, 2.45) is 18.4 Å². The van der Waals surface area contributed by atoms with E-state index >= 15 is 0 Å². The Hall–Kier alpha value is -1.85. The molecule has 0 aromatic carbocycles. The normalized spacial score (nSPS) is 18.9. The van der Waals surface area contributed by atoms with Gasteiger partial charge in [0.05, 0.1) is 11.9 Å². The second-order valence-corrected chi connectivity index (χ2v) is 6.74. The molecule has 1 aliphatic heterocycles. The van der Waals surface area contributed by atoms with E-state index in [0.717, 1.165) is 25.2 Å².